The van der Waals surface area contributed by atoms with Crippen molar-refractivity contribution in [1.82, 2.24) is 4.72 Å². The third-order valence-electron chi connectivity index (χ3n) is 4.24. The predicted octanol–water partition coefficient (Wildman–Crippen LogP) is 4.26. The van der Waals surface area contributed by atoms with Gasteiger partial charge < -0.3 is 5.11 Å². The Bertz CT molecular complexity index is 623. The van der Waals surface area contributed by atoms with Crippen LogP contribution in [0.15, 0.2) is 22.7 Å². The molecule has 0 aliphatic heterocycles. The average molecular weight is 430 g/mol. The third kappa shape index (κ3) is 4.03. The molecule has 3 nitrogen and oxygen atoms in total. The van der Waals surface area contributed by atoms with Crippen molar-refractivity contribution in [3.05, 3.63) is 34.1 Å². The van der Waals surface area contributed by atoms with Gasteiger partial charge in [0.15, 0.2) is 5.72 Å². The van der Waals surface area contributed by atoms with Gasteiger partial charge in [0.05, 0.1) is 16.4 Å². The van der Waals surface area contributed by atoms with E-state index in [2.05, 4.69) is 20.7 Å². The molecule has 1 rings (SSSR count). The van der Waals surface area contributed by atoms with Gasteiger partial charge in [-0.25, -0.2) is 22.1 Å². The van der Waals surface area contributed by atoms with Crippen LogP contribution in [0, 0.1) is 5.82 Å². The molecular formula is C16H23BrF3NO2S. The first-order valence-electron chi connectivity index (χ1n) is 7.52. The summed E-state index contributed by atoms with van der Waals surface area (Å²) in [6, 6.07) is 3.74. The van der Waals surface area contributed by atoms with Crippen LogP contribution in [0.1, 0.15) is 46.6 Å². The Morgan fingerprint density at radius 2 is 1.88 bits per heavy atom. The van der Waals surface area contributed by atoms with Crippen molar-refractivity contribution in [1.29, 1.82) is 0 Å². The third-order valence-corrected chi connectivity index (χ3v) is 6.39. The van der Waals surface area contributed by atoms with Crippen LogP contribution in [0.3, 0.4) is 0 Å². The molecule has 138 valence electrons. The van der Waals surface area contributed by atoms with E-state index in [0.717, 1.165) is 26.8 Å². The summed E-state index contributed by atoms with van der Waals surface area (Å²) in [5.41, 5.74) is -5.10. The van der Waals surface area contributed by atoms with Gasteiger partial charge in [0.1, 0.15) is 5.82 Å². The highest BCUT2D eigenvalue weighted by atomic mass is 79.9. The van der Waals surface area contributed by atoms with Crippen LogP contribution >= 0.6 is 15.9 Å². The highest BCUT2D eigenvalue weighted by Crippen LogP contribution is 2.46. The van der Waals surface area contributed by atoms with Gasteiger partial charge >= 0.3 is 0 Å². The van der Waals surface area contributed by atoms with E-state index in [-0.39, 0.29) is 5.56 Å². The normalized spacial score (nSPS) is 18.1. The molecule has 24 heavy (non-hydrogen) atoms. The van der Waals surface area contributed by atoms with Gasteiger partial charge in [0.2, 0.25) is 0 Å². The van der Waals surface area contributed by atoms with Crippen LogP contribution < -0.4 is 4.72 Å². The van der Waals surface area contributed by atoms with Crippen LogP contribution in [-0.2, 0) is 16.4 Å². The standard InChI is InChI=1S/C16H23BrF3NO2S/c1-6-10(2)24(23)21-15(5,22)16(19,20)14(3,4)12-9-11(17)7-8-13(12)18/h7-10,21-22H,6H2,1-5H3/t10-,15-,24?/m1/s1. The highest BCUT2D eigenvalue weighted by molar-refractivity contribution is 9.10. The second kappa shape index (κ2) is 7.43. The molecule has 2 N–H and O–H groups in total. The molecule has 1 aromatic carbocycles. The van der Waals surface area contributed by atoms with Crippen LogP contribution in [0.25, 0.3) is 0 Å². The maximum atomic E-state index is 15.1. The van der Waals surface area contributed by atoms with Gasteiger partial charge in [0.25, 0.3) is 5.92 Å². The predicted molar refractivity (Wildman–Crippen MR) is 93.7 cm³/mol. The van der Waals surface area contributed by atoms with E-state index in [1.54, 1.807) is 13.8 Å². The van der Waals surface area contributed by atoms with Crippen LogP contribution in [-0.4, -0.2) is 26.2 Å². The first-order chi connectivity index (χ1) is 10.8. The fourth-order valence-corrected chi connectivity index (χ4v) is 3.65. The maximum absolute atomic E-state index is 15.1. The maximum Gasteiger partial charge on any atom is 0.298 e. The molecule has 0 fully saturated rings. The molecule has 0 aliphatic carbocycles. The van der Waals surface area contributed by atoms with E-state index in [1.807, 2.05) is 0 Å². The number of aliphatic hydroxyl groups is 1. The summed E-state index contributed by atoms with van der Waals surface area (Å²) in [6.45, 7) is 6.51. The van der Waals surface area contributed by atoms with E-state index >= 15 is 8.78 Å². The number of alkyl halides is 2. The van der Waals surface area contributed by atoms with Gasteiger partial charge in [-0.3, -0.25) is 0 Å². The van der Waals surface area contributed by atoms with E-state index < -0.39 is 39.1 Å². The molecule has 0 bridgehead atoms. The minimum atomic E-state index is -3.81. The van der Waals surface area contributed by atoms with Gasteiger partial charge in [-0.15, -0.1) is 0 Å². The lowest BCUT2D eigenvalue weighted by Crippen LogP contribution is -2.65. The van der Waals surface area contributed by atoms with Gasteiger partial charge in [-0.1, -0.05) is 22.9 Å². The summed E-state index contributed by atoms with van der Waals surface area (Å²) >= 11 is 3.14. The van der Waals surface area contributed by atoms with Crippen molar-refractivity contribution in [3.8, 4) is 0 Å². The van der Waals surface area contributed by atoms with Crippen LogP contribution in [0.5, 0.6) is 0 Å². The van der Waals surface area contributed by atoms with Crippen molar-refractivity contribution >= 4 is 26.9 Å². The fraction of sp³-hybridized carbons (Fsp3) is 0.625. The fourth-order valence-electron chi connectivity index (χ4n) is 2.27. The highest BCUT2D eigenvalue weighted by Gasteiger charge is 2.61. The Morgan fingerprint density at radius 1 is 1.33 bits per heavy atom. The zero-order valence-electron chi connectivity index (χ0n) is 14.3. The van der Waals surface area contributed by atoms with Gasteiger partial charge in [-0.2, -0.15) is 0 Å². The SMILES string of the molecule is CC[C@@H](C)S(=O)N[C@](C)(O)C(F)(F)C(C)(C)c1cc(Br)ccc1F. The van der Waals surface area contributed by atoms with Gasteiger partial charge in [-0.05, 0) is 52.3 Å². The molecule has 0 spiro atoms. The minimum absolute atomic E-state index is 0.252. The Balaban J connectivity index is 3.28. The van der Waals surface area contributed by atoms with E-state index in [0.29, 0.717) is 10.9 Å². The number of hydrogen-bond acceptors (Lipinski definition) is 2. The number of rotatable bonds is 7. The molecule has 3 atom stereocenters. The number of hydrogen-bond donors (Lipinski definition) is 2. The van der Waals surface area contributed by atoms with E-state index in [1.165, 1.54) is 12.1 Å². The number of halogens is 4. The Morgan fingerprint density at radius 3 is 2.38 bits per heavy atom. The molecule has 0 radical (unpaired) electrons. The largest absolute Gasteiger partial charge is 0.370 e. The lowest BCUT2D eigenvalue weighted by Gasteiger charge is -2.43. The summed E-state index contributed by atoms with van der Waals surface area (Å²) in [6.07, 6.45) is 0.491. The molecule has 0 aromatic heterocycles. The second-order valence-electron chi connectivity index (χ2n) is 6.51. The van der Waals surface area contributed by atoms with Crippen LogP contribution in [0.2, 0.25) is 0 Å². The van der Waals surface area contributed by atoms with Crippen molar-refractivity contribution in [2.45, 2.75) is 63.4 Å². The topological polar surface area (TPSA) is 49.3 Å². The smallest absolute Gasteiger partial charge is 0.298 e. The zero-order valence-corrected chi connectivity index (χ0v) is 16.7. The number of nitrogens with one attached hydrogen (secondary N) is 1. The Labute approximate surface area is 151 Å². The summed E-state index contributed by atoms with van der Waals surface area (Å²) in [7, 11) is -1.86. The summed E-state index contributed by atoms with van der Waals surface area (Å²) in [4.78, 5) is 0. The second-order valence-corrected chi connectivity index (χ2v) is 9.03. The van der Waals surface area contributed by atoms with Crippen molar-refractivity contribution in [2.75, 3.05) is 0 Å². The van der Waals surface area contributed by atoms with Gasteiger partial charge in [0, 0.05) is 15.3 Å². The molecule has 1 aromatic rings. The Hall–Kier alpha value is -0.440. The quantitative estimate of drug-likeness (QED) is 0.636. The van der Waals surface area contributed by atoms with Crippen molar-refractivity contribution in [3.63, 3.8) is 0 Å². The lowest BCUT2D eigenvalue weighted by atomic mass is 9.74. The molecule has 0 saturated carbocycles. The summed E-state index contributed by atoms with van der Waals surface area (Å²) in [5.74, 6) is -4.62. The summed E-state index contributed by atoms with van der Waals surface area (Å²) < 4.78 is 58.9. The molecule has 1 unspecified atom stereocenters. The molecule has 0 amide bonds. The lowest BCUT2D eigenvalue weighted by molar-refractivity contribution is -0.212. The van der Waals surface area contributed by atoms with Crippen LogP contribution in [0.4, 0.5) is 13.2 Å². The molecule has 8 heteroatoms. The zero-order chi connectivity index (χ0) is 18.9. The molecule has 0 saturated heterocycles. The number of benzene rings is 1. The Kier molecular flexibility index (Phi) is 6.69. The average Bonchev–Trinajstić information content (AvgIpc) is 2.47. The molecular weight excluding hydrogens is 407 g/mol. The molecule has 0 aliphatic rings. The molecule has 0 heterocycles. The minimum Gasteiger partial charge on any atom is -0.370 e. The van der Waals surface area contributed by atoms with Crippen molar-refractivity contribution in [2.24, 2.45) is 0 Å². The van der Waals surface area contributed by atoms with E-state index in [9.17, 15) is 13.7 Å². The summed E-state index contributed by atoms with van der Waals surface area (Å²) in [5, 5.41) is 9.91. The van der Waals surface area contributed by atoms with Crippen molar-refractivity contribution < 1.29 is 22.5 Å². The monoisotopic (exact) mass is 429 g/mol. The van der Waals surface area contributed by atoms with E-state index in [4.69, 9.17) is 0 Å². The first-order valence-corrected chi connectivity index (χ1v) is 9.52. The first kappa shape index (κ1) is 21.6.